The van der Waals surface area contributed by atoms with E-state index in [0.717, 1.165) is 6.20 Å². The summed E-state index contributed by atoms with van der Waals surface area (Å²) in [6, 6.07) is 8.73. The fraction of sp³-hybridized carbons (Fsp3) is 0. The van der Waals surface area contributed by atoms with Crippen LogP contribution in [0.15, 0.2) is 36.5 Å². The molecule has 0 N–H and O–H groups in total. The molecule has 0 aliphatic heterocycles. The van der Waals surface area contributed by atoms with Gasteiger partial charge in [0.2, 0.25) is 5.69 Å². The van der Waals surface area contributed by atoms with Crippen LogP contribution in [0.4, 0.5) is 5.69 Å². The molecule has 0 unspecified atom stereocenters. The van der Waals surface area contributed by atoms with Gasteiger partial charge in [-0.25, -0.2) is 4.68 Å². The third-order valence-electron chi connectivity index (χ3n) is 2.10. The Morgan fingerprint density at radius 1 is 1.35 bits per heavy atom. The number of halogens is 1. The first-order valence-corrected chi connectivity index (χ1v) is 4.96. The van der Waals surface area contributed by atoms with Gasteiger partial charge in [-0.3, -0.25) is 14.9 Å². The smallest absolute Gasteiger partial charge is 0.273 e. The number of nitro groups is 1. The van der Waals surface area contributed by atoms with Crippen molar-refractivity contribution in [1.29, 1.82) is 0 Å². The SMILES string of the molecule is O=C(Cl)c1nn(-c2ccccc2)cc1[N+](=O)[O-]. The molecule has 0 saturated carbocycles. The Hall–Kier alpha value is -2.21. The molecule has 2 rings (SSSR count). The number of hydrogen-bond donors (Lipinski definition) is 0. The number of para-hydroxylation sites is 1. The second kappa shape index (κ2) is 4.34. The van der Waals surface area contributed by atoms with Gasteiger partial charge in [-0.15, -0.1) is 0 Å². The minimum atomic E-state index is -0.952. The summed E-state index contributed by atoms with van der Waals surface area (Å²) in [5.41, 5.74) is -0.158. The first kappa shape index (κ1) is 11.3. The lowest BCUT2D eigenvalue weighted by Crippen LogP contribution is -1.98. The molecule has 86 valence electrons. The lowest BCUT2D eigenvalue weighted by Gasteiger charge is -1.97. The normalized spacial score (nSPS) is 10.2. The molecule has 0 saturated heterocycles. The summed E-state index contributed by atoms with van der Waals surface area (Å²) in [4.78, 5) is 21.0. The van der Waals surface area contributed by atoms with Crippen molar-refractivity contribution in [2.45, 2.75) is 0 Å². The van der Waals surface area contributed by atoms with E-state index in [1.54, 1.807) is 30.3 Å². The first-order valence-electron chi connectivity index (χ1n) is 4.59. The highest BCUT2D eigenvalue weighted by Gasteiger charge is 2.24. The molecule has 0 aliphatic rings. The number of benzene rings is 1. The number of hydrogen-bond acceptors (Lipinski definition) is 4. The van der Waals surface area contributed by atoms with E-state index in [9.17, 15) is 14.9 Å². The van der Waals surface area contributed by atoms with Crippen molar-refractivity contribution in [3.63, 3.8) is 0 Å². The van der Waals surface area contributed by atoms with E-state index >= 15 is 0 Å². The van der Waals surface area contributed by atoms with E-state index in [-0.39, 0.29) is 5.69 Å². The number of nitrogens with zero attached hydrogens (tertiary/aromatic N) is 3. The van der Waals surface area contributed by atoms with Crippen LogP contribution in [0.5, 0.6) is 0 Å². The molecule has 0 fully saturated rings. The lowest BCUT2D eigenvalue weighted by atomic mass is 10.3. The molecule has 0 amide bonds. The number of aromatic nitrogens is 2. The summed E-state index contributed by atoms with van der Waals surface area (Å²) < 4.78 is 1.24. The maximum absolute atomic E-state index is 11.0. The van der Waals surface area contributed by atoms with Crippen molar-refractivity contribution in [1.82, 2.24) is 9.78 Å². The molecule has 0 aliphatic carbocycles. The minimum Gasteiger partial charge on any atom is -0.273 e. The number of rotatable bonds is 3. The van der Waals surface area contributed by atoms with Gasteiger partial charge in [0.25, 0.3) is 5.24 Å². The van der Waals surface area contributed by atoms with Gasteiger partial charge < -0.3 is 0 Å². The van der Waals surface area contributed by atoms with E-state index < -0.39 is 15.9 Å². The van der Waals surface area contributed by atoms with Crippen LogP contribution in [0.2, 0.25) is 0 Å². The fourth-order valence-electron chi connectivity index (χ4n) is 1.35. The van der Waals surface area contributed by atoms with Crippen molar-refractivity contribution >= 4 is 22.5 Å². The second-order valence-electron chi connectivity index (χ2n) is 3.17. The van der Waals surface area contributed by atoms with Crippen LogP contribution in [-0.4, -0.2) is 19.9 Å². The summed E-state index contributed by atoms with van der Waals surface area (Å²) in [6.07, 6.45) is 1.16. The Morgan fingerprint density at radius 2 is 2.00 bits per heavy atom. The molecule has 7 heteroatoms. The molecule has 0 spiro atoms. The quantitative estimate of drug-likeness (QED) is 0.476. The third kappa shape index (κ3) is 2.16. The van der Waals surface area contributed by atoms with Crippen molar-refractivity contribution < 1.29 is 9.72 Å². The van der Waals surface area contributed by atoms with Gasteiger partial charge in [0.15, 0.2) is 0 Å². The van der Waals surface area contributed by atoms with Crippen LogP contribution in [0, 0.1) is 10.1 Å². The van der Waals surface area contributed by atoms with E-state index in [1.807, 2.05) is 0 Å². The monoisotopic (exact) mass is 251 g/mol. The van der Waals surface area contributed by atoms with Crippen molar-refractivity contribution in [2.75, 3.05) is 0 Å². The molecule has 2 aromatic rings. The van der Waals surface area contributed by atoms with Crippen molar-refractivity contribution in [3.8, 4) is 5.69 Å². The van der Waals surface area contributed by atoms with Gasteiger partial charge in [-0.1, -0.05) is 18.2 Å². The zero-order chi connectivity index (χ0) is 12.4. The average molecular weight is 252 g/mol. The van der Waals surface area contributed by atoms with Crippen LogP contribution < -0.4 is 0 Å². The maximum atomic E-state index is 11.0. The third-order valence-corrected chi connectivity index (χ3v) is 2.28. The Morgan fingerprint density at radius 3 is 2.47 bits per heavy atom. The Labute approximate surface area is 101 Å². The standard InChI is InChI=1S/C10H6ClN3O3/c11-10(15)9-8(14(16)17)6-13(12-9)7-4-2-1-3-5-7/h1-6H. The number of carbonyl (C=O) groups is 1. The zero-order valence-corrected chi connectivity index (χ0v) is 9.16. The summed E-state index contributed by atoms with van der Waals surface area (Å²) >= 11 is 5.23. The van der Waals surface area contributed by atoms with Gasteiger partial charge in [-0.05, 0) is 23.7 Å². The van der Waals surface area contributed by atoms with E-state index in [2.05, 4.69) is 5.10 Å². The molecule has 1 heterocycles. The highest BCUT2D eigenvalue weighted by molar-refractivity contribution is 6.67. The highest BCUT2D eigenvalue weighted by atomic mass is 35.5. The van der Waals surface area contributed by atoms with Crippen LogP contribution in [-0.2, 0) is 0 Å². The molecule has 0 atom stereocenters. The van der Waals surface area contributed by atoms with Gasteiger partial charge in [0.1, 0.15) is 6.20 Å². The zero-order valence-electron chi connectivity index (χ0n) is 8.41. The predicted molar refractivity (Wildman–Crippen MR) is 60.4 cm³/mol. The number of carbonyl (C=O) groups excluding carboxylic acids is 1. The second-order valence-corrected chi connectivity index (χ2v) is 3.52. The molecule has 1 aromatic heterocycles. The van der Waals surface area contributed by atoms with E-state index in [1.165, 1.54) is 4.68 Å². The van der Waals surface area contributed by atoms with Gasteiger partial charge in [0.05, 0.1) is 10.6 Å². The van der Waals surface area contributed by atoms with E-state index in [0.29, 0.717) is 5.69 Å². The predicted octanol–water partition coefficient (Wildman–Crippen LogP) is 2.16. The average Bonchev–Trinajstić information content (AvgIpc) is 2.75. The van der Waals surface area contributed by atoms with Crippen molar-refractivity contribution in [3.05, 3.63) is 52.3 Å². The van der Waals surface area contributed by atoms with Crippen LogP contribution in [0.1, 0.15) is 10.5 Å². The maximum Gasteiger partial charge on any atom is 0.319 e. The molecular formula is C10H6ClN3O3. The topological polar surface area (TPSA) is 78.0 Å². The van der Waals surface area contributed by atoms with Crippen LogP contribution in [0.25, 0.3) is 5.69 Å². The Kier molecular flexibility index (Phi) is 2.88. The summed E-state index contributed by atoms with van der Waals surface area (Å²) in [5.74, 6) is 0. The summed E-state index contributed by atoms with van der Waals surface area (Å²) in [7, 11) is 0. The van der Waals surface area contributed by atoms with Gasteiger partial charge >= 0.3 is 5.69 Å². The highest BCUT2D eigenvalue weighted by Crippen LogP contribution is 2.20. The van der Waals surface area contributed by atoms with Crippen molar-refractivity contribution in [2.24, 2.45) is 0 Å². The molecule has 0 radical (unpaired) electrons. The molecule has 0 bridgehead atoms. The summed E-state index contributed by atoms with van der Waals surface area (Å²) in [6.45, 7) is 0. The molecule has 17 heavy (non-hydrogen) atoms. The van der Waals surface area contributed by atoms with Crippen LogP contribution >= 0.6 is 11.6 Å². The molecular weight excluding hydrogens is 246 g/mol. The Balaban J connectivity index is 2.55. The van der Waals surface area contributed by atoms with Crippen LogP contribution in [0.3, 0.4) is 0 Å². The largest absolute Gasteiger partial charge is 0.319 e. The minimum absolute atomic E-state index is 0.361. The molecule has 1 aromatic carbocycles. The van der Waals surface area contributed by atoms with E-state index in [4.69, 9.17) is 11.6 Å². The first-order chi connectivity index (χ1) is 8.09. The molecule has 6 nitrogen and oxygen atoms in total. The lowest BCUT2D eigenvalue weighted by molar-refractivity contribution is -0.385. The fourth-order valence-corrected chi connectivity index (χ4v) is 1.49. The van der Waals surface area contributed by atoms with Gasteiger partial charge in [-0.2, -0.15) is 5.10 Å². The Bertz CT molecular complexity index is 548. The summed E-state index contributed by atoms with van der Waals surface area (Å²) in [5, 5.41) is 13.6. The van der Waals surface area contributed by atoms with Gasteiger partial charge in [0, 0.05) is 0 Å².